The van der Waals surface area contributed by atoms with Crippen LogP contribution < -0.4 is 4.74 Å². The number of benzene rings is 2. The lowest BCUT2D eigenvalue weighted by Gasteiger charge is -2.28. The minimum absolute atomic E-state index is 0.229. The number of hydrogen-bond acceptors (Lipinski definition) is 5. The van der Waals surface area contributed by atoms with Gasteiger partial charge in [-0.15, -0.1) is 0 Å². The van der Waals surface area contributed by atoms with Crippen molar-refractivity contribution in [3.05, 3.63) is 96.2 Å². The number of nitrogens with one attached hydrogen (secondary N) is 2. The lowest BCUT2D eigenvalue weighted by molar-refractivity contribution is 0.0753. The first kappa shape index (κ1) is 22.3. The van der Waals surface area contributed by atoms with Crippen LogP contribution >= 0.6 is 0 Å². The number of hydrogen-bond donors (Lipinski definition) is 2. The van der Waals surface area contributed by atoms with E-state index in [4.69, 9.17) is 4.74 Å². The summed E-state index contributed by atoms with van der Waals surface area (Å²) in [6.07, 6.45) is 8.38. The largest absolute Gasteiger partial charge is 0.493 e. The molecule has 0 unspecified atom stereocenters. The fourth-order valence-electron chi connectivity index (χ4n) is 4.24. The number of H-pyrrole nitrogens is 2. The number of pyridine rings is 1. The SMILES string of the molecule is CCOc1cc(C(=O)N(C)[C@H](c2cnc[nH]2)c2cncc3cn[nH]c23)ccc1-c1cccc(F)c1. The highest BCUT2D eigenvalue weighted by molar-refractivity contribution is 5.96. The fraction of sp³-hybridized carbons (Fsp3) is 0.154. The van der Waals surface area contributed by atoms with E-state index in [0.717, 1.165) is 22.2 Å². The van der Waals surface area contributed by atoms with Crippen LogP contribution in [0.5, 0.6) is 5.75 Å². The molecule has 0 fully saturated rings. The van der Waals surface area contributed by atoms with Crippen molar-refractivity contribution in [2.45, 2.75) is 13.0 Å². The Labute approximate surface area is 200 Å². The maximum atomic E-state index is 13.8. The van der Waals surface area contributed by atoms with Crippen molar-refractivity contribution in [2.75, 3.05) is 13.7 Å². The van der Waals surface area contributed by atoms with E-state index in [1.807, 2.05) is 6.92 Å². The average Bonchev–Trinajstić information content (AvgIpc) is 3.57. The number of fused-ring (bicyclic) bond motifs is 1. The highest BCUT2D eigenvalue weighted by Crippen LogP contribution is 2.34. The van der Waals surface area contributed by atoms with Gasteiger partial charge in [0.2, 0.25) is 0 Å². The predicted molar refractivity (Wildman–Crippen MR) is 129 cm³/mol. The quantitative estimate of drug-likeness (QED) is 0.358. The third-order valence-electron chi connectivity index (χ3n) is 5.86. The molecule has 0 aliphatic heterocycles. The van der Waals surface area contributed by atoms with E-state index < -0.39 is 6.04 Å². The molecule has 0 saturated carbocycles. The second kappa shape index (κ2) is 9.38. The summed E-state index contributed by atoms with van der Waals surface area (Å²) in [7, 11) is 1.73. The van der Waals surface area contributed by atoms with Gasteiger partial charge < -0.3 is 14.6 Å². The van der Waals surface area contributed by atoms with Gasteiger partial charge in [-0.25, -0.2) is 9.37 Å². The third kappa shape index (κ3) is 4.23. The minimum Gasteiger partial charge on any atom is -0.493 e. The van der Waals surface area contributed by atoms with Crippen LogP contribution in [0.3, 0.4) is 0 Å². The molecule has 5 rings (SSSR count). The van der Waals surface area contributed by atoms with E-state index >= 15 is 0 Å². The summed E-state index contributed by atoms with van der Waals surface area (Å²) in [4.78, 5) is 26.9. The maximum Gasteiger partial charge on any atom is 0.254 e. The molecule has 8 nitrogen and oxygen atoms in total. The topological polar surface area (TPSA) is 99.8 Å². The van der Waals surface area contributed by atoms with Crippen molar-refractivity contribution in [3.8, 4) is 16.9 Å². The molecular weight excluding hydrogens is 447 g/mol. The minimum atomic E-state index is -0.500. The molecule has 35 heavy (non-hydrogen) atoms. The molecule has 3 heterocycles. The van der Waals surface area contributed by atoms with Gasteiger partial charge in [-0.05, 0) is 42.8 Å². The Bertz CT molecular complexity index is 1480. The van der Waals surface area contributed by atoms with Gasteiger partial charge in [0.05, 0.1) is 36.5 Å². The van der Waals surface area contributed by atoms with Crippen LogP contribution in [0.4, 0.5) is 4.39 Å². The molecule has 0 aliphatic rings. The first-order valence-corrected chi connectivity index (χ1v) is 11.1. The summed E-state index contributed by atoms with van der Waals surface area (Å²) >= 11 is 0. The Balaban J connectivity index is 1.55. The van der Waals surface area contributed by atoms with Crippen LogP contribution in [-0.2, 0) is 0 Å². The number of ether oxygens (including phenoxy) is 1. The molecule has 0 radical (unpaired) electrons. The van der Waals surface area contributed by atoms with Crippen LogP contribution in [0.15, 0.2) is 73.6 Å². The number of aromatic nitrogens is 5. The van der Waals surface area contributed by atoms with Gasteiger partial charge in [0.1, 0.15) is 17.6 Å². The lowest BCUT2D eigenvalue weighted by atomic mass is 9.99. The zero-order chi connectivity index (χ0) is 24.4. The summed E-state index contributed by atoms with van der Waals surface area (Å²) in [6.45, 7) is 2.27. The predicted octanol–water partition coefficient (Wildman–Crippen LogP) is 4.75. The van der Waals surface area contributed by atoms with Gasteiger partial charge >= 0.3 is 0 Å². The third-order valence-corrected chi connectivity index (χ3v) is 5.86. The molecule has 1 amide bonds. The molecule has 0 spiro atoms. The number of carbonyl (C=O) groups is 1. The van der Waals surface area contributed by atoms with Gasteiger partial charge in [0, 0.05) is 41.5 Å². The number of rotatable bonds is 7. The molecule has 2 N–H and O–H groups in total. The van der Waals surface area contributed by atoms with E-state index in [-0.39, 0.29) is 11.7 Å². The first-order valence-electron chi connectivity index (χ1n) is 11.1. The second-order valence-corrected chi connectivity index (χ2v) is 8.04. The molecule has 2 aromatic carbocycles. The monoisotopic (exact) mass is 470 g/mol. The number of aromatic amines is 2. The average molecular weight is 471 g/mol. The summed E-state index contributed by atoms with van der Waals surface area (Å²) < 4.78 is 19.7. The van der Waals surface area contributed by atoms with E-state index in [2.05, 4.69) is 25.1 Å². The van der Waals surface area contributed by atoms with Crippen molar-refractivity contribution < 1.29 is 13.9 Å². The second-order valence-electron chi connectivity index (χ2n) is 8.04. The van der Waals surface area contributed by atoms with Crippen LogP contribution in [-0.4, -0.2) is 49.6 Å². The molecule has 9 heteroatoms. The van der Waals surface area contributed by atoms with Crippen LogP contribution in [0.25, 0.3) is 22.0 Å². The normalized spacial score (nSPS) is 12.0. The number of imidazole rings is 1. The molecule has 0 bridgehead atoms. The Morgan fingerprint density at radius 1 is 1.11 bits per heavy atom. The summed E-state index contributed by atoms with van der Waals surface area (Å²) in [6, 6.07) is 11.0. The van der Waals surface area contributed by atoms with Crippen LogP contribution in [0.1, 0.15) is 34.6 Å². The summed E-state index contributed by atoms with van der Waals surface area (Å²) in [5.74, 6) is -0.0607. The molecule has 0 aliphatic carbocycles. The molecule has 0 saturated heterocycles. The Morgan fingerprint density at radius 3 is 2.77 bits per heavy atom. The van der Waals surface area contributed by atoms with E-state index in [1.165, 1.54) is 12.1 Å². The fourth-order valence-corrected chi connectivity index (χ4v) is 4.24. The van der Waals surface area contributed by atoms with Crippen LogP contribution in [0.2, 0.25) is 0 Å². The zero-order valence-corrected chi connectivity index (χ0v) is 19.2. The lowest BCUT2D eigenvalue weighted by Crippen LogP contribution is -2.32. The molecule has 1 atom stereocenters. The zero-order valence-electron chi connectivity index (χ0n) is 19.2. The van der Waals surface area contributed by atoms with Crippen molar-refractivity contribution in [1.82, 2.24) is 30.0 Å². The Morgan fingerprint density at radius 2 is 2.00 bits per heavy atom. The smallest absolute Gasteiger partial charge is 0.254 e. The van der Waals surface area contributed by atoms with Gasteiger partial charge in [-0.3, -0.25) is 14.9 Å². The van der Waals surface area contributed by atoms with Crippen LogP contribution in [0, 0.1) is 5.82 Å². The first-order chi connectivity index (χ1) is 17.1. The van der Waals surface area contributed by atoms with Crippen molar-refractivity contribution in [2.24, 2.45) is 0 Å². The summed E-state index contributed by atoms with van der Waals surface area (Å²) in [5.41, 5.74) is 4.11. The van der Waals surface area contributed by atoms with Crippen molar-refractivity contribution in [3.63, 3.8) is 0 Å². The maximum absolute atomic E-state index is 13.8. The Kier molecular flexibility index (Phi) is 5.97. The molecular formula is C26H23FN6O2. The summed E-state index contributed by atoms with van der Waals surface area (Å²) in [5, 5.41) is 7.97. The van der Waals surface area contributed by atoms with Crippen molar-refractivity contribution >= 4 is 16.8 Å². The van der Waals surface area contributed by atoms with Gasteiger partial charge in [0.25, 0.3) is 5.91 Å². The number of halogens is 1. The number of nitrogens with zero attached hydrogens (tertiary/aromatic N) is 4. The molecule has 5 aromatic rings. The highest BCUT2D eigenvalue weighted by atomic mass is 19.1. The molecule has 3 aromatic heterocycles. The number of amides is 1. The van der Waals surface area contributed by atoms with Gasteiger partial charge in [-0.1, -0.05) is 12.1 Å². The van der Waals surface area contributed by atoms with Crippen molar-refractivity contribution in [1.29, 1.82) is 0 Å². The Hall–Kier alpha value is -4.53. The number of carbonyl (C=O) groups excluding carboxylic acids is 1. The standard InChI is InChI=1S/C26H23FN6O2/c1-3-35-23-10-17(7-8-20(23)16-5-4-6-19(27)9-16)26(34)33(2)25(22-14-29-15-30-22)21-13-28-11-18-12-31-32-24(18)21/h4-15,25H,3H2,1-2H3,(H,29,30)(H,31,32)/t25-/m0/s1. The van der Waals surface area contributed by atoms with E-state index in [0.29, 0.717) is 29.0 Å². The van der Waals surface area contributed by atoms with Gasteiger partial charge in [-0.2, -0.15) is 5.10 Å². The van der Waals surface area contributed by atoms with E-state index in [1.54, 1.807) is 73.4 Å². The van der Waals surface area contributed by atoms with E-state index in [9.17, 15) is 9.18 Å². The highest BCUT2D eigenvalue weighted by Gasteiger charge is 2.28. The van der Waals surface area contributed by atoms with Gasteiger partial charge in [0.15, 0.2) is 0 Å². The molecule has 176 valence electrons.